The Labute approximate surface area is 83.7 Å². The molecule has 70 valence electrons. The number of halogens is 1. The number of aromatic carboxylic acids is 1. The predicted molar refractivity (Wildman–Crippen MR) is 49.8 cm³/mol. The number of carbonyl (C=O) groups is 1. The van der Waals surface area contributed by atoms with Crippen LogP contribution in [0.4, 0.5) is 0 Å². The largest absolute Gasteiger partial charge is 0.478 e. The van der Waals surface area contributed by atoms with Crippen LogP contribution in [0.25, 0.3) is 0 Å². The van der Waals surface area contributed by atoms with Gasteiger partial charge in [0.05, 0.1) is 5.69 Å². The highest BCUT2D eigenvalue weighted by Crippen LogP contribution is 2.24. The average Bonchev–Trinajstić information content (AvgIpc) is 2.39. The van der Waals surface area contributed by atoms with E-state index in [1.165, 1.54) is 0 Å². The SMILES string of the molecule is O=C(O)c1c(Br)nn2c1CCCC2. The summed E-state index contributed by atoms with van der Waals surface area (Å²) in [5.74, 6) is -0.893. The Balaban J connectivity index is 2.54. The number of carboxylic acids is 1. The number of aromatic nitrogens is 2. The summed E-state index contributed by atoms with van der Waals surface area (Å²) in [6, 6.07) is 0. The molecule has 1 aromatic rings. The maximum atomic E-state index is 10.9. The minimum absolute atomic E-state index is 0.333. The normalized spacial score (nSPS) is 15.5. The van der Waals surface area contributed by atoms with Gasteiger partial charge in [0.15, 0.2) is 0 Å². The zero-order chi connectivity index (χ0) is 9.42. The van der Waals surface area contributed by atoms with Crippen molar-refractivity contribution in [3.8, 4) is 0 Å². The molecule has 1 N–H and O–H groups in total. The quantitative estimate of drug-likeness (QED) is 0.818. The van der Waals surface area contributed by atoms with Crippen LogP contribution in [0.3, 0.4) is 0 Å². The van der Waals surface area contributed by atoms with Crippen molar-refractivity contribution in [1.82, 2.24) is 9.78 Å². The van der Waals surface area contributed by atoms with Gasteiger partial charge in [-0.1, -0.05) is 0 Å². The standard InChI is InChI=1S/C8H9BrN2O2/c9-7-6(8(12)13)5-3-1-2-4-11(5)10-7/h1-4H2,(H,12,13). The highest BCUT2D eigenvalue weighted by atomic mass is 79.9. The average molecular weight is 245 g/mol. The number of hydrogen-bond donors (Lipinski definition) is 1. The molecule has 0 atom stereocenters. The van der Waals surface area contributed by atoms with E-state index in [0.717, 1.165) is 31.5 Å². The Morgan fingerprint density at radius 3 is 3.00 bits per heavy atom. The van der Waals surface area contributed by atoms with Gasteiger partial charge in [0.2, 0.25) is 0 Å². The Hall–Kier alpha value is -0.840. The van der Waals surface area contributed by atoms with Crippen molar-refractivity contribution < 1.29 is 9.90 Å². The lowest BCUT2D eigenvalue weighted by molar-refractivity contribution is 0.0694. The fourth-order valence-corrected chi connectivity index (χ4v) is 2.26. The summed E-state index contributed by atoms with van der Waals surface area (Å²) in [5.41, 5.74) is 1.19. The first-order valence-electron chi connectivity index (χ1n) is 4.18. The van der Waals surface area contributed by atoms with E-state index in [-0.39, 0.29) is 0 Å². The highest BCUT2D eigenvalue weighted by molar-refractivity contribution is 9.10. The van der Waals surface area contributed by atoms with Gasteiger partial charge < -0.3 is 5.11 Å². The lowest BCUT2D eigenvalue weighted by Gasteiger charge is -2.12. The highest BCUT2D eigenvalue weighted by Gasteiger charge is 2.23. The number of aryl methyl sites for hydroxylation is 1. The summed E-state index contributed by atoms with van der Waals surface area (Å²) in [6.45, 7) is 0.835. The fourth-order valence-electron chi connectivity index (χ4n) is 1.67. The van der Waals surface area contributed by atoms with Gasteiger partial charge in [-0.05, 0) is 35.2 Å². The first-order valence-corrected chi connectivity index (χ1v) is 4.98. The number of fused-ring (bicyclic) bond motifs is 1. The third kappa shape index (κ3) is 1.37. The fraction of sp³-hybridized carbons (Fsp3) is 0.500. The van der Waals surface area contributed by atoms with Crippen LogP contribution < -0.4 is 0 Å². The van der Waals surface area contributed by atoms with Crippen molar-refractivity contribution in [1.29, 1.82) is 0 Å². The third-order valence-electron chi connectivity index (χ3n) is 2.26. The smallest absolute Gasteiger partial charge is 0.340 e. The second-order valence-electron chi connectivity index (χ2n) is 3.10. The molecule has 0 aliphatic carbocycles. The van der Waals surface area contributed by atoms with Crippen molar-refractivity contribution in [2.24, 2.45) is 0 Å². The van der Waals surface area contributed by atoms with E-state index >= 15 is 0 Å². The lowest BCUT2D eigenvalue weighted by atomic mass is 10.1. The number of rotatable bonds is 1. The van der Waals surface area contributed by atoms with Gasteiger partial charge in [-0.15, -0.1) is 0 Å². The second kappa shape index (κ2) is 3.14. The van der Waals surface area contributed by atoms with Gasteiger partial charge in [-0.2, -0.15) is 5.10 Å². The van der Waals surface area contributed by atoms with E-state index in [1.807, 2.05) is 0 Å². The van der Waals surface area contributed by atoms with Gasteiger partial charge in [0, 0.05) is 6.54 Å². The van der Waals surface area contributed by atoms with Crippen LogP contribution in [-0.4, -0.2) is 20.9 Å². The van der Waals surface area contributed by atoms with Crippen LogP contribution in [0.15, 0.2) is 4.60 Å². The molecule has 2 rings (SSSR count). The molecule has 0 aromatic carbocycles. The molecular formula is C8H9BrN2O2. The first-order chi connectivity index (χ1) is 6.20. The van der Waals surface area contributed by atoms with E-state index in [2.05, 4.69) is 21.0 Å². The van der Waals surface area contributed by atoms with Crippen LogP contribution in [0, 0.1) is 0 Å². The van der Waals surface area contributed by atoms with Gasteiger partial charge in [-0.25, -0.2) is 4.79 Å². The van der Waals surface area contributed by atoms with Crippen LogP contribution in [0.2, 0.25) is 0 Å². The van der Waals surface area contributed by atoms with Crippen molar-refractivity contribution in [3.05, 3.63) is 15.9 Å². The number of hydrogen-bond acceptors (Lipinski definition) is 2. The molecule has 5 heteroatoms. The molecule has 0 amide bonds. The Bertz CT molecular complexity index is 359. The van der Waals surface area contributed by atoms with E-state index in [4.69, 9.17) is 5.11 Å². The second-order valence-corrected chi connectivity index (χ2v) is 3.85. The van der Waals surface area contributed by atoms with E-state index in [0.29, 0.717) is 10.2 Å². The van der Waals surface area contributed by atoms with Gasteiger partial charge in [0.25, 0.3) is 0 Å². The van der Waals surface area contributed by atoms with Gasteiger partial charge >= 0.3 is 5.97 Å². The molecule has 1 aliphatic rings. The first kappa shape index (κ1) is 8.74. The summed E-state index contributed by atoms with van der Waals surface area (Å²) in [6.07, 6.45) is 2.96. The lowest BCUT2D eigenvalue weighted by Crippen LogP contribution is -2.13. The summed E-state index contributed by atoms with van der Waals surface area (Å²) >= 11 is 3.17. The molecule has 0 spiro atoms. The zero-order valence-electron chi connectivity index (χ0n) is 6.96. The molecule has 1 aromatic heterocycles. The van der Waals surface area contributed by atoms with Crippen LogP contribution in [0.1, 0.15) is 28.9 Å². The summed E-state index contributed by atoms with van der Waals surface area (Å²) < 4.78 is 2.24. The molecule has 0 radical (unpaired) electrons. The third-order valence-corrected chi connectivity index (χ3v) is 2.82. The minimum atomic E-state index is -0.893. The molecule has 0 saturated carbocycles. The molecule has 0 unspecified atom stereocenters. The minimum Gasteiger partial charge on any atom is -0.478 e. The van der Waals surface area contributed by atoms with Crippen LogP contribution >= 0.6 is 15.9 Å². The molecule has 13 heavy (non-hydrogen) atoms. The van der Waals surface area contributed by atoms with E-state index < -0.39 is 5.97 Å². The van der Waals surface area contributed by atoms with E-state index in [9.17, 15) is 4.79 Å². The Kier molecular flexibility index (Phi) is 2.11. The molecular weight excluding hydrogens is 236 g/mol. The summed E-state index contributed by atoms with van der Waals surface area (Å²) in [7, 11) is 0. The maximum absolute atomic E-state index is 10.9. The van der Waals surface area contributed by atoms with Crippen molar-refractivity contribution in [2.45, 2.75) is 25.8 Å². The van der Waals surface area contributed by atoms with Crippen LogP contribution in [-0.2, 0) is 13.0 Å². The molecule has 0 bridgehead atoms. The van der Waals surface area contributed by atoms with Crippen molar-refractivity contribution in [2.75, 3.05) is 0 Å². The van der Waals surface area contributed by atoms with E-state index in [1.54, 1.807) is 4.68 Å². The monoisotopic (exact) mass is 244 g/mol. The van der Waals surface area contributed by atoms with Gasteiger partial charge in [-0.3, -0.25) is 4.68 Å². The molecule has 4 nitrogen and oxygen atoms in total. The summed E-state index contributed by atoms with van der Waals surface area (Å²) in [4.78, 5) is 10.9. The molecule has 2 heterocycles. The van der Waals surface area contributed by atoms with Crippen molar-refractivity contribution in [3.63, 3.8) is 0 Å². The molecule has 0 fully saturated rings. The molecule has 0 saturated heterocycles. The number of nitrogens with zero attached hydrogens (tertiary/aromatic N) is 2. The zero-order valence-corrected chi connectivity index (χ0v) is 8.54. The van der Waals surface area contributed by atoms with Gasteiger partial charge in [0.1, 0.15) is 10.2 Å². The topological polar surface area (TPSA) is 55.1 Å². The van der Waals surface area contributed by atoms with Crippen LogP contribution in [0.5, 0.6) is 0 Å². The van der Waals surface area contributed by atoms with Crippen molar-refractivity contribution >= 4 is 21.9 Å². The predicted octanol–water partition coefficient (Wildman–Crippen LogP) is 1.68. The number of carboxylic acid groups (broad SMARTS) is 1. The maximum Gasteiger partial charge on any atom is 0.340 e. The Morgan fingerprint density at radius 2 is 2.31 bits per heavy atom. The Morgan fingerprint density at radius 1 is 1.54 bits per heavy atom. The molecule has 1 aliphatic heterocycles. The summed E-state index contributed by atoms with van der Waals surface area (Å²) in [5, 5.41) is 13.1.